The number of ether oxygens (including phenoxy) is 2. The summed E-state index contributed by atoms with van der Waals surface area (Å²) in [4.78, 5) is 24.1. The summed E-state index contributed by atoms with van der Waals surface area (Å²) >= 11 is 0. The molecule has 2 atom stereocenters. The van der Waals surface area contributed by atoms with E-state index in [1.807, 2.05) is 12.1 Å². The summed E-state index contributed by atoms with van der Waals surface area (Å²) in [7, 11) is 0. The summed E-state index contributed by atoms with van der Waals surface area (Å²) in [5, 5.41) is 2.67. The fourth-order valence-corrected chi connectivity index (χ4v) is 7.40. The molecule has 4 bridgehead atoms. The van der Waals surface area contributed by atoms with Gasteiger partial charge in [0.2, 0.25) is 11.6 Å². The second-order valence-corrected chi connectivity index (χ2v) is 10.7. The lowest BCUT2D eigenvalue weighted by Gasteiger charge is -2.57. The number of benzene rings is 1. The van der Waals surface area contributed by atoms with Crippen LogP contribution in [0.2, 0.25) is 0 Å². The molecule has 6 fully saturated rings. The molecule has 0 aromatic heterocycles. The normalized spacial score (nSPS) is 42.0. The van der Waals surface area contributed by atoms with E-state index in [2.05, 4.69) is 23.2 Å². The number of amides is 1. The van der Waals surface area contributed by atoms with Gasteiger partial charge in [0.15, 0.2) is 0 Å². The zero-order chi connectivity index (χ0) is 21.8. The van der Waals surface area contributed by atoms with Gasteiger partial charge in [0.05, 0.1) is 13.1 Å². The molecular weight excluding hydrogens is 408 g/mol. The Labute approximate surface area is 189 Å². The smallest absolute Gasteiger partial charge is 0.410 e. The standard InChI is InChI=1S/C25H34N2O5/c26-8-9-27-23(28)29-22-5-3-18(4-6-22)19-2-1-7-24(15-19)30-25(32-31-24)20-11-16-10-17(13-20)14-21(25)12-16/h3-6,16-17,19-21H,1-2,7-15,26H2,(H,27,28)/p+1. The molecule has 5 aliphatic carbocycles. The predicted molar refractivity (Wildman–Crippen MR) is 115 cm³/mol. The van der Waals surface area contributed by atoms with Crippen LogP contribution in [-0.2, 0) is 14.5 Å². The van der Waals surface area contributed by atoms with Crippen molar-refractivity contribution in [1.82, 2.24) is 5.32 Å². The lowest BCUT2D eigenvalue weighted by atomic mass is 9.53. The highest BCUT2D eigenvalue weighted by Crippen LogP contribution is 2.64. The first kappa shape index (κ1) is 20.9. The Morgan fingerprint density at radius 1 is 1.06 bits per heavy atom. The van der Waals surface area contributed by atoms with Crippen LogP contribution in [0.15, 0.2) is 24.3 Å². The van der Waals surface area contributed by atoms with Gasteiger partial charge in [0.25, 0.3) is 0 Å². The van der Waals surface area contributed by atoms with E-state index < -0.39 is 17.7 Å². The Hall–Kier alpha value is -1.67. The van der Waals surface area contributed by atoms with Crippen molar-refractivity contribution in [2.45, 2.75) is 75.3 Å². The molecule has 1 aliphatic heterocycles. The third-order valence-corrected chi connectivity index (χ3v) is 8.62. The number of rotatable bonds is 4. The van der Waals surface area contributed by atoms with Gasteiger partial charge >= 0.3 is 6.09 Å². The molecule has 7 heteroatoms. The van der Waals surface area contributed by atoms with Crippen LogP contribution in [0.5, 0.6) is 5.75 Å². The van der Waals surface area contributed by atoms with Crippen molar-refractivity contribution in [2.24, 2.45) is 23.7 Å². The fraction of sp³-hybridized carbons (Fsp3) is 0.720. The Bertz CT molecular complexity index is 830. The summed E-state index contributed by atoms with van der Waals surface area (Å²) in [5.41, 5.74) is 4.94. The summed E-state index contributed by atoms with van der Waals surface area (Å²) in [6, 6.07) is 7.85. The fourth-order valence-electron chi connectivity index (χ4n) is 7.40. The van der Waals surface area contributed by atoms with Crippen LogP contribution >= 0.6 is 0 Å². The molecule has 7 nitrogen and oxygen atoms in total. The van der Waals surface area contributed by atoms with E-state index in [0.29, 0.717) is 36.6 Å². The van der Waals surface area contributed by atoms with Crippen molar-refractivity contribution in [1.29, 1.82) is 0 Å². The molecular formula is C25H35N2O5+. The molecule has 0 radical (unpaired) electrons. The second kappa shape index (κ2) is 7.97. The van der Waals surface area contributed by atoms with E-state index in [9.17, 15) is 4.79 Å². The van der Waals surface area contributed by atoms with Crippen LogP contribution in [0.25, 0.3) is 0 Å². The molecule has 32 heavy (non-hydrogen) atoms. The Balaban J connectivity index is 1.13. The van der Waals surface area contributed by atoms with Gasteiger partial charge in [-0.2, -0.15) is 9.78 Å². The lowest BCUT2D eigenvalue weighted by Crippen LogP contribution is -2.59. The lowest BCUT2D eigenvalue weighted by molar-refractivity contribution is -0.390. The topological polar surface area (TPSA) is 93.7 Å². The first-order valence-corrected chi connectivity index (χ1v) is 12.5. The van der Waals surface area contributed by atoms with Crippen LogP contribution in [0, 0.1) is 23.7 Å². The van der Waals surface area contributed by atoms with Gasteiger partial charge in [-0.1, -0.05) is 12.1 Å². The third-order valence-electron chi connectivity index (χ3n) is 8.62. The number of hydrogen-bond donors (Lipinski definition) is 2. The van der Waals surface area contributed by atoms with E-state index in [1.54, 1.807) is 0 Å². The first-order valence-electron chi connectivity index (χ1n) is 12.5. The second-order valence-electron chi connectivity index (χ2n) is 10.7. The van der Waals surface area contributed by atoms with Crippen LogP contribution in [0.4, 0.5) is 4.79 Å². The van der Waals surface area contributed by atoms with Crippen LogP contribution in [0.3, 0.4) is 0 Å². The number of carbonyl (C=O) groups is 1. The van der Waals surface area contributed by atoms with Crippen molar-refractivity contribution < 1.29 is 29.8 Å². The monoisotopic (exact) mass is 443 g/mol. The van der Waals surface area contributed by atoms with E-state index in [4.69, 9.17) is 19.2 Å². The van der Waals surface area contributed by atoms with Crippen molar-refractivity contribution in [3.05, 3.63) is 29.8 Å². The van der Waals surface area contributed by atoms with E-state index in [-0.39, 0.29) is 0 Å². The van der Waals surface area contributed by atoms with Crippen LogP contribution < -0.4 is 15.8 Å². The van der Waals surface area contributed by atoms with E-state index in [0.717, 1.165) is 37.5 Å². The zero-order valence-corrected chi connectivity index (χ0v) is 18.7. The first-order chi connectivity index (χ1) is 15.6. The number of carbonyl (C=O) groups excluding carboxylic acids is 1. The number of quaternary nitrogens is 1. The highest BCUT2D eigenvalue weighted by Gasteiger charge is 2.67. The minimum absolute atomic E-state index is 0.341. The maximum absolute atomic E-state index is 11.8. The average molecular weight is 444 g/mol. The summed E-state index contributed by atoms with van der Waals surface area (Å²) in [5.74, 6) is 2.48. The minimum Gasteiger partial charge on any atom is -0.410 e. The molecule has 1 aromatic carbocycles. The number of nitrogens with one attached hydrogen (secondary N) is 1. The SMILES string of the molecule is [NH3+]CCNC(=O)Oc1ccc(C2CCCC3(C2)OOC2(O3)C3CC4CC(C3)CC2C4)cc1. The minimum atomic E-state index is -0.623. The van der Waals surface area contributed by atoms with E-state index in [1.165, 1.54) is 37.7 Å². The molecule has 174 valence electrons. The van der Waals surface area contributed by atoms with Crippen molar-refractivity contribution in [3.63, 3.8) is 0 Å². The van der Waals surface area contributed by atoms with Gasteiger partial charge in [0, 0.05) is 24.7 Å². The van der Waals surface area contributed by atoms with Crippen LogP contribution in [0.1, 0.15) is 69.3 Å². The molecule has 2 unspecified atom stereocenters. The summed E-state index contributed by atoms with van der Waals surface area (Å²) in [6.07, 6.45) is 9.77. The Morgan fingerprint density at radius 2 is 1.78 bits per heavy atom. The molecule has 6 aliphatic rings. The van der Waals surface area contributed by atoms with Gasteiger partial charge in [-0.25, -0.2) is 4.79 Å². The van der Waals surface area contributed by atoms with E-state index >= 15 is 0 Å². The molecule has 1 amide bonds. The molecule has 2 spiro atoms. The molecule has 7 rings (SSSR count). The Morgan fingerprint density at radius 3 is 2.47 bits per heavy atom. The summed E-state index contributed by atoms with van der Waals surface area (Å²) in [6.45, 7) is 1.14. The highest BCUT2D eigenvalue weighted by atomic mass is 17.3. The van der Waals surface area contributed by atoms with Gasteiger partial charge in [-0.15, -0.1) is 0 Å². The molecule has 1 heterocycles. The molecule has 1 aromatic rings. The quantitative estimate of drug-likeness (QED) is 0.695. The molecule has 1 saturated heterocycles. The zero-order valence-electron chi connectivity index (χ0n) is 18.7. The third kappa shape index (κ3) is 3.54. The molecule has 5 saturated carbocycles. The largest absolute Gasteiger partial charge is 0.412 e. The number of hydrogen-bond acceptors (Lipinski definition) is 5. The van der Waals surface area contributed by atoms with Gasteiger partial charge < -0.3 is 20.5 Å². The van der Waals surface area contributed by atoms with Gasteiger partial charge in [-0.05, 0) is 80.4 Å². The average Bonchev–Trinajstić information content (AvgIpc) is 3.15. The van der Waals surface area contributed by atoms with Crippen molar-refractivity contribution >= 4 is 6.09 Å². The Kier molecular flexibility index (Phi) is 5.21. The molecule has 4 N–H and O–H groups in total. The van der Waals surface area contributed by atoms with Crippen molar-refractivity contribution in [2.75, 3.05) is 13.1 Å². The highest BCUT2D eigenvalue weighted by molar-refractivity contribution is 5.70. The summed E-state index contributed by atoms with van der Waals surface area (Å²) < 4.78 is 12.2. The van der Waals surface area contributed by atoms with Crippen molar-refractivity contribution in [3.8, 4) is 5.75 Å². The van der Waals surface area contributed by atoms with Crippen LogP contribution in [-0.4, -0.2) is 30.8 Å². The van der Waals surface area contributed by atoms with Gasteiger partial charge in [-0.3, -0.25) is 0 Å². The maximum Gasteiger partial charge on any atom is 0.412 e. The van der Waals surface area contributed by atoms with Gasteiger partial charge in [0.1, 0.15) is 5.75 Å². The maximum atomic E-state index is 11.8. The predicted octanol–water partition coefficient (Wildman–Crippen LogP) is 3.50.